The first kappa shape index (κ1) is 16.7. The average Bonchev–Trinajstić information content (AvgIpc) is 2.95. The summed E-state index contributed by atoms with van der Waals surface area (Å²) in [5.74, 6) is 0.926. The second-order valence-electron chi connectivity index (χ2n) is 5.13. The first-order valence-corrected chi connectivity index (χ1v) is 9.09. The molecule has 0 fully saturated rings. The molecule has 3 rings (SSSR count). The number of nitrogens with one attached hydrogen (secondary N) is 1. The summed E-state index contributed by atoms with van der Waals surface area (Å²) in [6.45, 7) is 1.74. The maximum Gasteiger partial charge on any atom is 0.242 e. The van der Waals surface area contributed by atoms with Gasteiger partial charge in [0.25, 0.3) is 0 Å². The number of oxazole rings is 1. The number of sulfonamides is 1. The van der Waals surface area contributed by atoms with E-state index in [-0.39, 0.29) is 16.5 Å². The van der Waals surface area contributed by atoms with Crippen molar-refractivity contribution < 1.29 is 12.8 Å². The highest BCUT2D eigenvalue weighted by Crippen LogP contribution is 2.24. The Hall–Kier alpha value is -2.15. The Balaban J connectivity index is 1.80. The number of rotatable bonds is 5. The third-order valence-electron chi connectivity index (χ3n) is 3.43. The summed E-state index contributed by atoms with van der Waals surface area (Å²) in [6, 6.07) is 15.8. The fourth-order valence-corrected chi connectivity index (χ4v) is 3.78. The van der Waals surface area contributed by atoms with Gasteiger partial charge in [0.15, 0.2) is 0 Å². The van der Waals surface area contributed by atoms with Crippen molar-refractivity contribution in [1.82, 2.24) is 9.71 Å². The highest BCUT2D eigenvalue weighted by atomic mass is 35.5. The van der Waals surface area contributed by atoms with Gasteiger partial charge in [0, 0.05) is 5.56 Å². The zero-order valence-electron chi connectivity index (χ0n) is 12.9. The van der Waals surface area contributed by atoms with Crippen LogP contribution in [0.1, 0.15) is 11.7 Å². The monoisotopic (exact) mass is 362 g/mol. The van der Waals surface area contributed by atoms with E-state index >= 15 is 0 Å². The summed E-state index contributed by atoms with van der Waals surface area (Å²) in [7, 11) is -3.74. The van der Waals surface area contributed by atoms with Crippen LogP contribution in [0.5, 0.6) is 0 Å². The normalized spacial score (nSPS) is 11.6. The van der Waals surface area contributed by atoms with E-state index in [2.05, 4.69) is 9.71 Å². The van der Waals surface area contributed by atoms with Crippen LogP contribution < -0.4 is 4.72 Å². The fraction of sp³-hybridized carbons (Fsp3) is 0.118. The number of aryl methyl sites for hydroxylation is 1. The van der Waals surface area contributed by atoms with Gasteiger partial charge in [-0.2, -0.15) is 0 Å². The largest absolute Gasteiger partial charge is 0.444 e. The van der Waals surface area contributed by atoms with E-state index in [1.165, 1.54) is 12.1 Å². The van der Waals surface area contributed by atoms with Crippen LogP contribution in [0, 0.1) is 6.92 Å². The third kappa shape index (κ3) is 3.51. The highest BCUT2D eigenvalue weighted by Gasteiger charge is 2.19. The predicted molar refractivity (Wildman–Crippen MR) is 92.2 cm³/mol. The zero-order chi connectivity index (χ0) is 17.2. The molecule has 0 spiro atoms. The van der Waals surface area contributed by atoms with E-state index in [1.807, 2.05) is 30.3 Å². The summed E-state index contributed by atoms with van der Waals surface area (Å²) in [5, 5.41) is 0.165. The molecule has 0 aliphatic carbocycles. The summed E-state index contributed by atoms with van der Waals surface area (Å²) < 4.78 is 32.7. The molecule has 0 atom stereocenters. The Morgan fingerprint density at radius 3 is 2.46 bits per heavy atom. The lowest BCUT2D eigenvalue weighted by atomic mass is 10.1. The van der Waals surface area contributed by atoms with Crippen molar-refractivity contribution in [2.24, 2.45) is 0 Å². The fourth-order valence-electron chi connectivity index (χ4n) is 2.29. The predicted octanol–water partition coefficient (Wildman–Crippen LogP) is 3.78. The molecule has 1 N–H and O–H groups in total. The van der Waals surface area contributed by atoms with Crippen molar-refractivity contribution in [2.75, 3.05) is 0 Å². The van der Waals surface area contributed by atoms with Crippen LogP contribution >= 0.6 is 11.6 Å². The van der Waals surface area contributed by atoms with E-state index in [0.29, 0.717) is 17.3 Å². The second-order valence-corrected chi connectivity index (χ2v) is 7.28. The van der Waals surface area contributed by atoms with Crippen molar-refractivity contribution in [3.05, 3.63) is 71.3 Å². The van der Waals surface area contributed by atoms with Gasteiger partial charge in [0.2, 0.25) is 15.9 Å². The Kier molecular flexibility index (Phi) is 4.71. The third-order valence-corrected chi connectivity index (χ3v) is 5.33. The van der Waals surface area contributed by atoms with Gasteiger partial charge in [-0.25, -0.2) is 18.1 Å². The van der Waals surface area contributed by atoms with Crippen molar-refractivity contribution in [1.29, 1.82) is 0 Å². The molecule has 0 saturated carbocycles. The molecule has 1 aromatic heterocycles. The molecule has 0 amide bonds. The second kappa shape index (κ2) is 6.76. The molecule has 3 aromatic rings. The summed E-state index contributed by atoms with van der Waals surface area (Å²) in [4.78, 5) is 4.40. The number of benzene rings is 2. The number of aromatic nitrogens is 1. The molecule has 0 bridgehead atoms. The molecule has 0 radical (unpaired) electrons. The average molecular weight is 363 g/mol. The number of nitrogens with zero attached hydrogens (tertiary/aromatic N) is 1. The molecule has 2 aromatic carbocycles. The first-order chi connectivity index (χ1) is 11.5. The molecular weight excluding hydrogens is 348 g/mol. The van der Waals surface area contributed by atoms with Crippen LogP contribution in [0.15, 0.2) is 63.9 Å². The molecule has 0 unspecified atom stereocenters. The standard InChI is InChI=1S/C17H15ClN2O3S/c1-12-17(13-7-3-2-4-8-13)20-16(23-12)11-19-24(21,22)15-10-6-5-9-14(15)18/h2-10,19H,11H2,1H3. The lowest BCUT2D eigenvalue weighted by Crippen LogP contribution is -2.23. The quantitative estimate of drug-likeness (QED) is 0.749. The summed E-state index contributed by atoms with van der Waals surface area (Å²) in [6.07, 6.45) is 0. The number of hydrogen-bond acceptors (Lipinski definition) is 4. The molecule has 124 valence electrons. The summed E-state index contributed by atoms with van der Waals surface area (Å²) in [5.41, 5.74) is 1.61. The van der Waals surface area contributed by atoms with Gasteiger partial charge >= 0.3 is 0 Å². The Morgan fingerprint density at radius 2 is 1.75 bits per heavy atom. The van der Waals surface area contributed by atoms with Gasteiger partial charge in [-0.15, -0.1) is 0 Å². The van der Waals surface area contributed by atoms with Crippen LogP contribution in [0.3, 0.4) is 0 Å². The van der Waals surface area contributed by atoms with E-state index in [1.54, 1.807) is 19.1 Å². The maximum atomic E-state index is 12.3. The van der Waals surface area contributed by atoms with Crippen molar-refractivity contribution in [3.63, 3.8) is 0 Å². The molecule has 24 heavy (non-hydrogen) atoms. The van der Waals surface area contributed by atoms with Gasteiger partial charge in [0.1, 0.15) is 16.3 Å². The maximum absolute atomic E-state index is 12.3. The van der Waals surface area contributed by atoms with E-state index in [9.17, 15) is 8.42 Å². The topological polar surface area (TPSA) is 72.2 Å². The SMILES string of the molecule is Cc1oc(CNS(=O)(=O)c2ccccc2Cl)nc1-c1ccccc1. The Labute approximate surface area is 145 Å². The molecule has 0 aliphatic heterocycles. The Bertz CT molecular complexity index is 953. The number of hydrogen-bond donors (Lipinski definition) is 1. The van der Waals surface area contributed by atoms with Crippen LogP contribution in [-0.4, -0.2) is 13.4 Å². The molecule has 1 heterocycles. The highest BCUT2D eigenvalue weighted by molar-refractivity contribution is 7.89. The zero-order valence-corrected chi connectivity index (χ0v) is 14.4. The molecule has 5 nitrogen and oxygen atoms in total. The molecule has 7 heteroatoms. The van der Waals surface area contributed by atoms with Crippen molar-refractivity contribution in [3.8, 4) is 11.3 Å². The van der Waals surface area contributed by atoms with E-state index in [0.717, 1.165) is 5.56 Å². The van der Waals surface area contributed by atoms with Gasteiger partial charge in [-0.05, 0) is 19.1 Å². The van der Waals surface area contributed by atoms with E-state index < -0.39 is 10.0 Å². The lowest BCUT2D eigenvalue weighted by Gasteiger charge is -2.06. The van der Waals surface area contributed by atoms with Crippen molar-refractivity contribution >= 4 is 21.6 Å². The minimum atomic E-state index is -3.74. The van der Waals surface area contributed by atoms with Crippen LogP contribution in [-0.2, 0) is 16.6 Å². The van der Waals surface area contributed by atoms with Crippen LogP contribution in [0.2, 0.25) is 5.02 Å². The first-order valence-electron chi connectivity index (χ1n) is 7.23. The van der Waals surface area contributed by atoms with Gasteiger partial charge in [-0.3, -0.25) is 0 Å². The Morgan fingerprint density at radius 1 is 1.08 bits per heavy atom. The molecular formula is C17H15ClN2O3S. The number of halogens is 1. The van der Waals surface area contributed by atoms with E-state index in [4.69, 9.17) is 16.0 Å². The van der Waals surface area contributed by atoms with Gasteiger partial charge < -0.3 is 4.42 Å². The minimum absolute atomic E-state index is 0.0261. The minimum Gasteiger partial charge on any atom is -0.444 e. The molecule has 0 aliphatic rings. The van der Waals surface area contributed by atoms with Crippen LogP contribution in [0.4, 0.5) is 0 Å². The van der Waals surface area contributed by atoms with Gasteiger partial charge in [-0.1, -0.05) is 54.1 Å². The smallest absolute Gasteiger partial charge is 0.242 e. The summed E-state index contributed by atoms with van der Waals surface area (Å²) >= 11 is 5.94. The molecule has 0 saturated heterocycles. The lowest BCUT2D eigenvalue weighted by molar-refractivity contribution is 0.463. The van der Waals surface area contributed by atoms with Gasteiger partial charge in [0.05, 0.1) is 11.6 Å². The van der Waals surface area contributed by atoms with Crippen LogP contribution in [0.25, 0.3) is 11.3 Å². The van der Waals surface area contributed by atoms with Crippen molar-refractivity contribution in [2.45, 2.75) is 18.4 Å².